The molecule has 2 fully saturated rings. The highest BCUT2D eigenvalue weighted by atomic mass is 16.5. The van der Waals surface area contributed by atoms with Crippen molar-refractivity contribution in [2.75, 3.05) is 26.8 Å². The maximum absolute atomic E-state index is 9.38. The number of piperidine rings is 1. The van der Waals surface area contributed by atoms with Gasteiger partial charge >= 0.3 is 0 Å². The highest BCUT2D eigenvalue weighted by Gasteiger charge is 2.35. The van der Waals surface area contributed by atoms with Crippen LogP contribution in [0.15, 0.2) is 0 Å². The Balaban J connectivity index is 1.86. The summed E-state index contributed by atoms with van der Waals surface area (Å²) in [5.41, 5.74) is 5.88. The van der Waals surface area contributed by atoms with E-state index in [1.807, 2.05) is 0 Å². The van der Waals surface area contributed by atoms with Gasteiger partial charge in [0.2, 0.25) is 0 Å². The van der Waals surface area contributed by atoms with Crippen molar-refractivity contribution < 1.29 is 9.84 Å². The van der Waals surface area contributed by atoms with Crippen molar-refractivity contribution in [1.82, 2.24) is 4.90 Å². The number of rotatable bonds is 3. The van der Waals surface area contributed by atoms with Crippen LogP contribution in [0.5, 0.6) is 0 Å². The molecule has 2 aliphatic rings. The fourth-order valence-electron chi connectivity index (χ4n) is 3.30. The Hall–Kier alpha value is -0.160. The molecule has 0 spiro atoms. The second kappa shape index (κ2) is 5.65. The zero-order valence-electron chi connectivity index (χ0n) is 10.9. The monoisotopic (exact) mass is 242 g/mol. The average molecular weight is 242 g/mol. The number of hydrogen-bond donors (Lipinski definition) is 2. The first kappa shape index (κ1) is 13.3. The maximum atomic E-state index is 9.38. The molecule has 1 saturated heterocycles. The van der Waals surface area contributed by atoms with Crippen molar-refractivity contribution in [1.29, 1.82) is 0 Å². The first-order valence-corrected chi connectivity index (χ1v) is 6.83. The summed E-state index contributed by atoms with van der Waals surface area (Å²) >= 11 is 0. The van der Waals surface area contributed by atoms with Gasteiger partial charge in [-0.1, -0.05) is 0 Å². The van der Waals surface area contributed by atoms with Gasteiger partial charge < -0.3 is 20.5 Å². The summed E-state index contributed by atoms with van der Waals surface area (Å²) < 4.78 is 5.40. The molecule has 0 aromatic carbocycles. The van der Waals surface area contributed by atoms with Crippen LogP contribution >= 0.6 is 0 Å². The van der Waals surface area contributed by atoms with Crippen LogP contribution in [0.3, 0.4) is 0 Å². The topological polar surface area (TPSA) is 58.7 Å². The summed E-state index contributed by atoms with van der Waals surface area (Å²) in [6.07, 6.45) is 6.99. The molecular weight excluding hydrogens is 216 g/mol. The Kier molecular flexibility index (Phi) is 4.42. The molecule has 0 aromatic rings. The van der Waals surface area contributed by atoms with E-state index in [9.17, 15) is 5.11 Å². The van der Waals surface area contributed by atoms with Crippen LogP contribution in [0.1, 0.15) is 38.5 Å². The number of nitrogens with two attached hydrogens (primary N) is 1. The second-order valence-corrected chi connectivity index (χ2v) is 5.74. The minimum absolute atomic E-state index is 0.123. The van der Waals surface area contributed by atoms with Gasteiger partial charge in [-0.2, -0.15) is 0 Å². The van der Waals surface area contributed by atoms with E-state index in [2.05, 4.69) is 4.90 Å². The van der Waals surface area contributed by atoms with Crippen LogP contribution in [0, 0.1) is 0 Å². The molecule has 2 rings (SSSR count). The van der Waals surface area contributed by atoms with Gasteiger partial charge in [0.05, 0.1) is 12.7 Å². The highest BCUT2D eigenvalue weighted by molar-refractivity contribution is 4.94. The minimum Gasteiger partial charge on any atom is -0.394 e. The lowest BCUT2D eigenvalue weighted by atomic mass is 9.79. The highest BCUT2D eigenvalue weighted by Crippen LogP contribution is 2.30. The average Bonchev–Trinajstić information content (AvgIpc) is 2.39. The molecule has 0 bridgehead atoms. The fraction of sp³-hybridized carbons (Fsp3) is 1.00. The zero-order chi connectivity index (χ0) is 12.3. The number of aliphatic hydroxyl groups is 1. The van der Waals surface area contributed by atoms with E-state index in [-0.39, 0.29) is 12.1 Å². The van der Waals surface area contributed by atoms with Crippen LogP contribution in [0.4, 0.5) is 0 Å². The van der Waals surface area contributed by atoms with Crippen LogP contribution in [-0.4, -0.2) is 54.5 Å². The molecular formula is C13H26N2O2. The lowest BCUT2D eigenvalue weighted by Gasteiger charge is -2.44. The van der Waals surface area contributed by atoms with Gasteiger partial charge in [-0.05, 0) is 38.5 Å². The summed E-state index contributed by atoms with van der Waals surface area (Å²) in [5.74, 6) is 0. The number of hydrogen-bond acceptors (Lipinski definition) is 4. The van der Waals surface area contributed by atoms with Gasteiger partial charge in [-0.25, -0.2) is 0 Å². The summed E-state index contributed by atoms with van der Waals surface area (Å²) in [6.45, 7) is 2.35. The molecule has 2 unspecified atom stereocenters. The van der Waals surface area contributed by atoms with Crippen LogP contribution in [0.25, 0.3) is 0 Å². The smallest absolute Gasteiger partial charge is 0.0611 e. The zero-order valence-corrected chi connectivity index (χ0v) is 10.9. The van der Waals surface area contributed by atoms with Crippen LogP contribution < -0.4 is 5.73 Å². The second-order valence-electron chi connectivity index (χ2n) is 5.74. The van der Waals surface area contributed by atoms with Gasteiger partial charge in [0, 0.05) is 31.8 Å². The molecule has 1 aliphatic carbocycles. The maximum Gasteiger partial charge on any atom is 0.0611 e. The Morgan fingerprint density at radius 3 is 2.65 bits per heavy atom. The number of aliphatic hydroxyl groups excluding tert-OH is 1. The van der Waals surface area contributed by atoms with E-state index >= 15 is 0 Å². The Bertz CT molecular complexity index is 242. The van der Waals surface area contributed by atoms with E-state index in [4.69, 9.17) is 10.5 Å². The van der Waals surface area contributed by atoms with Crippen molar-refractivity contribution in [3.63, 3.8) is 0 Å². The molecule has 0 aromatic heterocycles. The Labute approximate surface area is 104 Å². The molecule has 4 nitrogen and oxygen atoms in total. The fourth-order valence-corrected chi connectivity index (χ4v) is 3.30. The van der Waals surface area contributed by atoms with Crippen LogP contribution in [0.2, 0.25) is 0 Å². The molecule has 1 saturated carbocycles. The third-order valence-corrected chi connectivity index (χ3v) is 4.50. The Morgan fingerprint density at radius 2 is 2.06 bits per heavy atom. The molecule has 1 aliphatic heterocycles. The summed E-state index contributed by atoms with van der Waals surface area (Å²) in [4.78, 5) is 2.55. The van der Waals surface area contributed by atoms with E-state index < -0.39 is 0 Å². The predicted molar refractivity (Wildman–Crippen MR) is 67.9 cm³/mol. The number of methoxy groups -OCH3 is 1. The molecule has 100 valence electrons. The summed E-state index contributed by atoms with van der Waals surface area (Å²) in [7, 11) is 1.80. The van der Waals surface area contributed by atoms with Crippen molar-refractivity contribution in [2.45, 2.75) is 56.2 Å². The van der Waals surface area contributed by atoms with E-state index in [1.165, 1.54) is 6.42 Å². The third kappa shape index (κ3) is 3.19. The first-order chi connectivity index (χ1) is 8.17. The largest absolute Gasteiger partial charge is 0.394 e. The molecule has 0 radical (unpaired) electrons. The van der Waals surface area contributed by atoms with Crippen LogP contribution in [-0.2, 0) is 4.74 Å². The minimum atomic E-state index is -0.332. The van der Waals surface area contributed by atoms with Crippen molar-refractivity contribution in [3.8, 4) is 0 Å². The molecule has 17 heavy (non-hydrogen) atoms. The quantitative estimate of drug-likeness (QED) is 0.766. The normalized spacial score (nSPS) is 37.2. The molecule has 2 atom stereocenters. The van der Waals surface area contributed by atoms with Crippen molar-refractivity contribution >= 4 is 0 Å². The summed E-state index contributed by atoms with van der Waals surface area (Å²) in [6, 6.07) is 0.568. The summed E-state index contributed by atoms with van der Waals surface area (Å²) in [5, 5.41) is 9.38. The van der Waals surface area contributed by atoms with E-state index in [0.717, 1.165) is 45.2 Å². The lowest BCUT2D eigenvalue weighted by Crippen LogP contribution is -2.54. The number of likely N-dealkylation sites (tertiary alicyclic amines) is 1. The molecule has 0 amide bonds. The molecule has 3 N–H and O–H groups in total. The Morgan fingerprint density at radius 1 is 1.35 bits per heavy atom. The SMILES string of the molecule is COC1CCN(C2CCCC(N)(CO)C2)CC1. The van der Waals surface area contributed by atoms with Gasteiger partial charge in [0.25, 0.3) is 0 Å². The van der Waals surface area contributed by atoms with Crippen molar-refractivity contribution in [3.05, 3.63) is 0 Å². The van der Waals surface area contributed by atoms with Crippen molar-refractivity contribution in [2.24, 2.45) is 5.73 Å². The van der Waals surface area contributed by atoms with Gasteiger partial charge in [0.15, 0.2) is 0 Å². The van der Waals surface area contributed by atoms with Gasteiger partial charge in [-0.15, -0.1) is 0 Å². The molecule has 1 heterocycles. The van der Waals surface area contributed by atoms with E-state index in [0.29, 0.717) is 12.1 Å². The first-order valence-electron chi connectivity index (χ1n) is 6.83. The third-order valence-electron chi connectivity index (χ3n) is 4.50. The van der Waals surface area contributed by atoms with Gasteiger partial charge in [-0.3, -0.25) is 0 Å². The van der Waals surface area contributed by atoms with E-state index in [1.54, 1.807) is 7.11 Å². The lowest BCUT2D eigenvalue weighted by molar-refractivity contribution is 0.00901. The predicted octanol–water partition coefficient (Wildman–Crippen LogP) is 0.730. The number of nitrogens with zero attached hydrogens (tertiary/aromatic N) is 1. The standard InChI is InChI=1S/C13H26N2O2/c1-17-12-4-7-15(8-5-12)11-3-2-6-13(14,9-11)10-16/h11-12,16H,2-10,14H2,1H3. The van der Waals surface area contributed by atoms with Gasteiger partial charge in [0.1, 0.15) is 0 Å². The molecule has 4 heteroatoms. The number of ether oxygens (including phenoxy) is 1.